The van der Waals surface area contributed by atoms with Crippen LogP contribution in [-0.2, 0) is 4.79 Å². The third-order valence-electron chi connectivity index (χ3n) is 10.1. The van der Waals surface area contributed by atoms with Gasteiger partial charge in [-0.2, -0.15) is 4.98 Å². The van der Waals surface area contributed by atoms with Gasteiger partial charge in [-0.1, -0.05) is 60.3 Å². The monoisotopic (exact) mass is 625 g/mol. The van der Waals surface area contributed by atoms with E-state index < -0.39 is 8.07 Å². The number of carbonyl (C=O) groups is 2. The van der Waals surface area contributed by atoms with Crippen molar-refractivity contribution in [3.8, 4) is 11.5 Å². The predicted octanol–water partition coefficient (Wildman–Crippen LogP) is 7.51. The van der Waals surface area contributed by atoms with Crippen molar-refractivity contribution >= 4 is 54.2 Å². The van der Waals surface area contributed by atoms with Crippen molar-refractivity contribution in [1.29, 1.82) is 0 Å². The van der Waals surface area contributed by atoms with E-state index in [9.17, 15) is 9.59 Å². The number of anilines is 4. The fourth-order valence-corrected chi connectivity index (χ4v) is 12.9. The van der Waals surface area contributed by atoms with Crippen molar-refractivity contribution in [2.24, 2.45) is 0 Å². The largest absolute Gasteiger partial charge is 0.326 e. The van der Waals surface area contributed by atoms with Crippen LogP contribution in [-0.4, -0.2) is 66.0 Å². The molecule has 10 heteroatoms. The lowest BCUT2D eigenvalue weighted by molar-refractivity contribution is -0.116. The molecule has 3 aromatic rings. The van der Waals surface area contributed by atoms with E-state index in [-0.39, 0.29) is 17.5 Å². The Balaban J connectivity index is 1.63. The number of carbonyl (C=O) groups excluding carboxylic acids is 2. The molecule has 1 spiro atoms. The highest BCUT2D eigenvalue weighted by molar-refractivity contribution is 6.90. The lowest BCUT2D eigenvalue weighted by atomic mass is 9.96. The highest BCUT2D eigenvalue weighted by atomic mass is 28.3. The number of pyridine rings is 1. The topological polar surface area (TPSA) is 94.6 Å². The second kappa shape index (κ2) is 12.4. The molecule has 1 saturated carbocycles. The average Bonchev–Trinajstić information content (AvgIpc) is 3.54. The second-order valence-corrected chi connectivity index (χ2v) is 19.3. The maximum absolute atomic E-state index is 13.6. The summed E-state index contributed by atoms with van der Waals surface area (Å²) in [5.74, 6) is 4.59. The van der Waals surface area contributed by atoms with Gasteiger partial charge in [-0.05, 0) is 59.8 Å². The van der Waals surface area contributed by atoms with Gasteiger partial charge in [0.15, 0.2) is 5.65 Å². The highest BCUT2D eigenvalue weighted by Crippen LogP contribution is 2.44. The molecule has 1 aliphatic carbocycles. The van der Waals surface area contributed by atoms with Crippen LogP contribution in [0.4, 0.5) is 27.9 Å². The Morgan fingerprint density at radius 3 is 2.22 bits per heavy atom. The number of rotatable bonds is 7. The van der Waals surface area contributed by atoms with Crippen LogP contribution in [0.2, 0.25) is 16.6 Å². The number of likely N-dealkylation sites (N-methyl/N-ethyl adjacent to an activating group) is 1. The fraction of sp³-hybridized carbons (Fsp3) is 0.514. The summed E-state index contributed by atoms with van der Waals surface area (Å²) in [5.41, 5.74) is 7.97. The minimum atomic E-state index is -2.03. The summed E-state index contributed by atoms with van der Waals surface area (Å²) < 4.78 is 0. The molecule has 0 bridgehead atoms. The zero-order valence-corrected chi connectivity index (χ0v) is 29.2. The van der Waals surface area contributed by atoms with Gasteiger partial charge in [-0.25, -0.2) is 14.8 Å². The van der Waals surface area contributed by atoms with E-state index in [0.717, 1.165) is 48.0 Å². The first kappa shape index (κ1) is 32.4. The zero-order chi connectivity index (χ0) is 32.7. The molecule has 1 aliphatic heterocycles. The van der Waals surface area contributed by atoms with E-state index in [1.54, 1.807) is 18.1 Å². The van der Waals surface area contributed by atoms with Gasteiger partial charge < -0.3 is 15.1 Å². The van der Waals surface area contributed by atoms with Gasteiger partial charge in [-0.3, -0.25) is 9.69 Å². The molecule has 2 aliphatic rings. The Kier molecular flexibility index (Phi) is 8.96. The molecule has 2 aromatic heterocycles. The Labute approximate surface area is 268 Å². The highest BCUT2D eigenvalue weighted by Gasteiger charge is 2.51. The van der Waals surface area contributed by atoms with Crippen molar-refractivity contribution in [2.45, 2.75) is 96.3 Å². The molecule has 0 atom stereocenters. The molecular formula is C35H47N7O2Si. The number of benzene rings is 1. The Hall–Kier alpha value is -3.97. The van der Waals surface area contributed by atoms with Crippen molar-refractivity contribution < 1.29 is 9.59 Å². The van der Waals surface area contributed by atoms with E-state index in [2.05, 4.69) is 63.3 Å². The predicted molar refractivity (Wildman–Crippen MR) is 186 cm³/mol. The Morgan fingerprint density at radius 2 is 1.64 bits per heavy atom. The molecule has 9 nitrogen and oxygen atoms in total. The summed E-state index contributed by atoms with van der Waals surface area (Å²) >= 11 is 0. The molecule has 238 valence electrons. The number of aromatic nitrogens is 3. The Bertz CT molecular complexity index is 1630. The number of nitrogens with zero attached hydrogens (tertiary/aromatic N) is 6. The quantitative estimate of drug-likeness (QED) is 0.216. The molecule has 3 amide bonds. The molecule has 0 radical (unpaired) electrons. The van der Waals surface area contributed by atoms with E-state index in [1.807, 2.05) is 47.2 Å². The molecule has 2 fully saturated rings. The molecule has 1 aromatic carbocycles. The van der Waals surface area contributed by atoms with Crippen LogP contribution in [0.15, 0.2) is 36.5 Å². The number of hydrogen-bond donors (Lipinski definition) is 1. The molecule has 5 rings (SSSR count). The second-order valence-electron chi connectivity index (χ2n) is 13.8. The van der Waals surface area contributed by atoms with Crippen LogP contribution in [0.1, 0.15) is 79.7 Å². The first-order valence-electron chi connectivity index (χ1n) is 16.2. The average molecular weight is 626 g/mol. The number of amides is 3. The minimum absolute atomic E-state index is 0.0269. The van der Waals surface area contributed by atoms with Crippen LogP contribution in [0, 0.1) is 11.5 Å². The summed E-state index contributed by atoms with van der Waals surface area (Å²) in [6, 6.07) is 9.49. The van der Waals surface area contributed by atoms with Crippen molar-refractivity contribution in [2.75, 3.05) is 35.8 Å². The van der Waals surface area contributed by atoms with Crippen molar-refractivity contribution in [3.05, 3.63) is 42.1 Å². The summed E-state index contributed by atoms with van der Waals surface area (Å²) in [4.78, 5) is 45.3. The van der Waals surface area contributed by atoms with Crippen LogP contribution < -0.4 is 15.1 Å². The SMILES string of the molecule is CC(=O)N(C)c1ccc(Nc2ncc3c(C#C[Si](C(C)C)(C(C)C)C(C)C)cc(N4C(=O)N(C)CC45CCCC5)nc3n2)cc1. The van der Waals surface area contributed by atoms with Gasteiger partial charge in [0, 0.05) is 50.7 Å². The molecule has 3 heterocycles. The normalized spacial score (nSPS) is 16.3. The lowest BCUT2D eigenvalue weighted by Gasteiger charge is -2.38. The third kappa shape index (κ3) is 5.90. The van der Waals surface area contributed by atoms with Gasteiger partial charge in [-0.15, -0.1) is 5.54 Å². The number of nitrogens with one attached hydrogen (secondary N) is 1. The molecule has 45 heavy (non-hydrogen) atoms. The molecular weight excluding hydrogens is 579 g/mol. The maximum atomic E-state index is 13.6. The number of fused-ring (bicyclic) bond motifs is 1. The minimum Gasteiger partial charge on any atom is -0.325 e. The summed E-state index contributed by atoms with van der Waals surface area (Å²) in [6.45, 7) is 16.1. The van der Waals surface area contributed by atoms with Crippen LogP contribution in [0.3, 0.4) is 0 Å². The zero-order valence-electron chi connectivity index (χ0n) is 28.2. The number of hydrogen-bond acceptors (Lipinski definition) is 6. The summed E-state index contributed by atoms with van der Waals surface area (Å²) in [7, 11) is 1.59. The number of urea groups is 1. The summed E-state index contributed by atoms with van der Waals surface area (Å²) in [6.07, 6.45) is 5.90. The van der Waals surface area contributed by atoms with Gasteiger partial charge in [0.05, 0.1) is 10.9 Å². The lowest BCUT2D eigenvalue weighted by Crippen LogP contribution is -2.45. The Morgan fingerprint density at radius 1 is 1.02 bits per heavy atom. The fourth-order valence-electron chi connectivity index (χ4n) is 7.67. The maximum Gasteiger partial charge on any atom is 0.326 e. The van der Waals surface area contributed by atoms with E-state index >= 15 is 0 Å². The van der Waals surface area contributed by atoms with Crippen LogP contribution >= 0.6 is 0 Å². The third-order valence-corrected chi connectivity index (χ3v) is 16.4. The molecule has 1 N–H and O–H groups in total. The van der Waals surface area contributed by atoms with E-state index in [1.165, 1.54) is 6.92 Å². The standard InChI is InChI=1S/C35H47N7O2Si/c1-23(2)45(24(3)4,25(5)6)19-16-27-20-31(42-34(44)40(8)22-35(42)17-10-11-18-35)38-32-30(27)21-36-33(39-32)37-28-12-14-29(15-13-28)41(9)26(7)43/h12-15,20-21,23-25H,10-11,17-18,22H2,1-9H3,(H,36,37,38,39). The molecule has 1 saturated heterocycles. The van der Waals surface area contributed by atoms with Crippen molar-refractivity contribution in [3.63, 3.8) is 0 Å². The van der Waals surface area contributed by atoms with Gasteiger partial charge in [0.2, 0.25) is 11.9 Å². The summed E-state index contributed by atoms with van der Waals surface area (Å²) in [5, 5.41) is 4.05. The van der Waals surface area contributed by atoms with E-state index in [0.29, 0.717) is 40.6 Å². The van der Waals surface area contributed by atoms with Gasteiger partial charge in [0.25, 0.3) is 0 Å². The van der Waals surface area contributed by atoms with Crippen LogP contribution in [0.5, 0.6) is 0 Å². The first-order valence-corrected chi connectivity index (χ1v) is 18.4. The van der Waals surface area contributed by atoms with Crippen molar-refractivity contribution in [1.82, 2.24) is 19.9 Å². The van der Waals surface area contributed by atoms with Gasteiger partial charge >= 0.3 is 6.03 Å². The van der Waals surface area contributed by atoms with E-state index in [4.69, 9.17) is 9.97 Å². The smallest absolute Gasteiger partial charge is 0.325 e. The first-order chi connectivity index (χ1) is 21.3. The van der Waals surface area contributed by atoms with Crippen LogP contribution in [0.25, 0.3) is 11.0 Å². The molecule has 0 unspecified atom stereocenters. The van der Waals surface area contributed by atoms with Gasteiger partial charge in [0.1, 0.15) is 13.9 Å².